The molecule has 0 aliphatic heterocycles. The van der Waals surface area contributed by atoms with Crippen molar-refractivity contribution in [3.8, 4) is 0 Å². The highest BCUT2D eigenvalue weighted by atomic mass is 32.2. The summed E-state index contributed by atoms with van der Waals surface area (Å²) in [6, 6.07) is 4.56. The molecule has 0 amide bonds. The number of nitrogens with two attached hydrogens (primary N) is 2. The van der Waals surface area contributed by atoms with Crippen LogP contribution in [-0.2, 0) is 16.6 Å². The van der Waals surface area contributed by atoms with Gasteiger partial charge >= 0.3 is 0 Å². The van der Waals surface area contributed by atoms with Crippen molar-refractivity contribution in [2.75, 3.05) is 17.6 Å². The molecule has 1 aromatic carbocycles. The maximum Gasteiger partial charge on any atom is 0.240 e. The first-order chi connectivity index (χ1) is 9.36. The van der Waals surface area contributed by atoms with Gasteiger partial charge in [-0.15, -0.1) is 0 Å². The average Bonchev–Trinajstić information content (AvgIpc) is 2.76. The Balaban J connectivity index is 2.10. The molecule has 8 heteroatoms. The molecule has 0 saturated heterocycles. The van der Waals surface area contributed by atoms with Crippen molar-refractivity contribution in [2.45, 2.75) is 18.4 Å². The van der Waals surface area contributed by atoms with Crippen LogP contribution in [0.25, 0.3) is 0 Å². The summed E-state index contributed by atoms with van der Waals surface area (Å²) in [4.78, 5) is -0.00542. The molecule has 1 aromatic heterocycles. The molecular formula is C12H17N5O2S. The average molecular weight is 295 g/mol. The van der Waals surface area contributed by atoms with Gasteiger partial charge in [0.25, 0.3) is 0 Å². The molecule has 0 unspecified atom stereocenters. The van der Waals surface area contributed by atoms with E-state index in [0.29, 0.717) is 24.5 Å². The van der Waals surface area contributed by atoms with Crippen LogP contribution in [0.3, 0.4) is 0 Å². The van der Waals surface area contributed by atoms with Gasteiger partial charge in [0, 0.05) is 18.4 Å². The normalized spacial score (nSPS) is 11.5. The zero-order chi connectivity index (χ0) is 14.8. The van der Waals surface area contributed by atoms with Crippen LogP contribution in [-0.4, -0.2) is 24.7 Å². The van der Waals surface area contributed by atoms with Gasteiger partial charge in [-0.1, -0.05) is 0 Å². The lowest BCUT2D eigenvalue weighted by Gasteiger charge is -2.11. The molecule has 0 aliphatic carbocycles. The van der Waals surface area contributed by atoms with E-state index >= 15 is 0 Å². The van der Waals surface area contributed by atoms with E-state index in [0.717, 1.165) is 5.56 Å². The lowest BCUT2D eigenvalue weighted by Crippen LogP contribution is -2.17. The van der Waals surface area contributed by atoms with Gasteiger partial charge in [-0.25, -0.2) is 13.6 Å². The van der Waals surface area contributed by atoms with Crippen LogP contribution < -0.4 is 16.2 Å². The number of primary sulfonamides is 1. The highest BCUT2D eigenvalue weighted by molar-refractivity contribution is 7.89. The van der Waals surface area contributed by atoms with Crippen molar-refractivity contribution >= 4 is 21.4 Å². The van der Waals surface area contributed by atoms with Crippen molar-refractivity contribution in [3.05, 3.63) is 36.2 Å². The van der Waals surface area contributed by atoms with Gasteiger partial charge in [-0.3, -0.25) is 4.68 Å². The Bertz CT molecular complexity index is 708. The van der Waals surface area contributed by atoms with Crippen molar-refractivity contribution in [2.24, 2.45) is 5.14 Å². The SMILES string of the molecule is Cc1cnn(CCNc2ccc(N)cc2S(N)(=O)=O)c1. The standard InChI is InChI=1S/C12H17N5O2S/c1-9-7-16-17(8-9)5-4-15-11-3-2-10(13)6-12(11)20(14,18)19/h2-3,6-8,15H,4-5,13H2,1H3,(H2,14,18,19). The Morgan fingerprint density at radius 3 is 2.75 bits per heavy atom. The summed E-state index contributed by atoms with van der Waals surface area (Å²) >= 11 is 0. The smallest absolute Gasteiger partial charge is 0.240 e. The van der Waals surface area contributed by atoms with E-state index in [2.05, 4.69) is 10.4 Å². The second-order valence-corrected chi connectivity index (χ2v) is 6.04. The maximum absolute atomic E-state index is 11.5. The summed E-state index contributed by atoms with van der Waals surface area (Å²) in [6.07, 6.45) is 3.67. The molecule has 0 fully saturated rings. The largest absolute Gasteiger partial charge is 0.399 e. The van der Waals surface area contributed by atoms with Gasteiger partial charge in [0.2, 0.25) is 10.0 Å². The highest BCUT2D eigenvalue weighted by Gasteiger charge is 2.14. The fourth-order valence-corrected chi connectivity index (χ4v) is 2.56. The van der Waals surface area contributed by atoms with E-state index in [9.17, 15) is 8.42 Å². The summed E-state index contributed by atoms with van der Waals surface area (Å²) in [5.41, 5.74) is 7.44. The van der Waals surface area contributed by atoms with Gasteiger partial charge in [-0.2, -0.15) is 5.10 Å². The number of nitrogen functional groups attached to an aromatic ring is 1. The molecule has 7 nitrogen and oxygen atoms in total. The fraction of sp³-hybridized carbons (Fsp3) is 0.250. The Labute approximate surface area is 117 Å². The van der Waals surface area contributed by atoms with Gasteiger partial charge in [0.1, 0.15) is 4.90 Å². The summed E-state index contributed by atoms with van der Waals surface area (Å²) < 4.78 is 24.8. The summed E-state index contributed by atoms with van der Waals surface area (Å²) in [6.45, 7) is 3.09. The molecule has 108 valence electrons. The highest BCUT2D eigenvalue weighted by Crippen LogP contribution is 2.22. The lowest BCUT2D eigenvalue weighted by atomic mass is 10.3. The second-order valence-electron chi connectivity index (χ2n) is 4.51. The van der Waals surface area contributed by atoms with Crippen LogP contribution in [0, 0.1) is 6.92 Å². The van der Waals surface area contributed by atoms with Crippen LogP contribution in [0.4, 0.5) is 11.4 Å². The Kier molecular flexibility index (Phi) is 3.96. The Morgan fingerprint density at radius 1 is 1.40 bits per heavy atom. The van der Waals surface area contributed by atoms with Crippen LogP contribution in [0.5, 0.6) is 0 Å². The molecule has 0 bridgehead atoms. The minimum absolute atomic E-state index is 0.00542. The minimum atomic E-state index is -3.81. The molecule has 0 aliphatic rings. The van der Waals surface area contributed by atoms with Gasteiger partial charge in [0.15, 0.2) is 0 Å². The van der Waals surface area contributed by atoms with Crippen LogP contribution >= 0.6 is 0 Å². The zero-order valence-corrected chi connectivity index (χ0v) is 11.9. The van der Waals surface area contributed by atoms with Crippen molar-refractivity contribution in [1.29, 1.82) is 0 Å². The first-order valence-electron chi connectivity index (χ1n) is 6.01. The van der Waals surface area contributed by atoms with Crippen molar-refractivity contribution in [1.82, 2.24) is 9.78 Å². The first kappa shape index (κ1) is 14.4. The third kappa shape index (κ3) is 3.49. The number of aryl methyl sites for hydroxylation is 1. The number of hydrogen-bond donors (Lipinski definition) is 3. The monoisotopic (exact) mass is 295 g/mol. The number of nitrogens with one attached hydrogen (secondary N) is 1. The molecule has 5 N–H and O–H groups in total. The molecular weight excluding hydrogens is 278 g/mol. The second kappa shape index (κ2) is 5.51. The lowest BCUT2D eigenvalue weighted by molar-refractivity contribution is 0.597. The first-order valence-corrected chi connectivity index (χ1v) is 7.56. The summed E-state index contributed by atoms with van der Waals surface area (Å²) in [5, 5.41) is 12.3. The van der Waals surface area contributed by atoms with E-state index in [1.807, 2.05) is 13.1 Å². The number of nitrogens with zero attached hydrogens (tertiary/aromatic N) is 2. The maximum atomic E-state index is 11.5. The molecule has 0 atom stereocenters. The number of hydrogen-bond acceptors (Lipinski definition) is 5. The van der Waals surface area contributed by atoms with E-state index in [-0.39, 0.29) is 4.90 Å². The molecule has 1 heterocycles. The van der Waals surface area contributed by atoms with Gasteiger partial charge in [-0.05, 0) is 30.7 Å². The predicted octanol–water partition coefficient (Wildman–Crippen LogP) is 0.533. The van der Waals surface area contributed by atoms with Crippen LogP contribution in [0.15, 0.2) is 35.5 Å². The molecule has 0 saturated carbocycles. The topological polar surface area (TPSA) is 116 Å². The van der Waals surface area contributed by atoms with Crippen molar-refractivity contribution in [3.63, 3.8) is 0 Å². The Morgan fingerprint density at radius 2 is 2.15 bits per heavy atom. The number of sulfonamides is 1. The fourth-order valence-electron chi connectivity index (χ4n) is 1.81. The number of rotatable bonds is 5. The minimum Gasteiger partial charge on any atom is -0.399 e. The third-order valence-electron chi connectivity index (χ3n) is 2.73. The van der Waals surface area contributed by atoms with Gasteiger partial charge < -0.3 is 11.1 Å². The Hall–Kier alpha value is -2.06. The van der Waals surface area contributed by atoms with E-state index in [1.165, 1.54) is 6.07 Å². The molecule has 2 rings (SSSR count). The molecule has 2 aromatic rings. The third-order valence-corrected chi connectivity index (χ3v) is 3.68. The molecule has 0 spiro atoms. The van der Waals surface area contributed by atoms with Crippen molar-refractivity contribution < 1.29 is 8.42 Å². The molecule has 0 radical (unpaired) electrons. The van der Waals surface area contributed by atoms with Gasteiger partial charge in [0.05, 0.1) is 18.4 Å². The van der Waals surface area contributed by atoms with Crippen LogP contribution in [0.1, 0.15) is 5.56 Å². The number of anilines is 2. The van der Waals surface area contributed by atoms with E-state index in [4.69, 9.17) is 10.9 Å². The van der Waals surface area contributed by atoms with Crippen LogP contribution in [0.2, 0.25) is 0 Å². The van der Waals surface area contributed by atoms with E-state index in [1.54, 1.807) is 23.0 Å². The summed E-state index contributed by atoms with van der Waals surface area (Å²) in [5.74, 6) is 0. The summed E-state index contributed by atoms with van der Waals surface area (Å²) in [7, 11) is -3.81. The number of benzene rings is 1. The van der Waals surface area contributed by atoms with E-state index < -0.39 is 10.0 Å². The predicted molar refractivity (Wildman–Crippen MR) is 77.7 cm³/mol. The zero-order valence-electron chi connectivity index (χ0n) is 11.1. The quantitative estimate of drug-likeness (QED) is 0.696. The number of aromatic nitrogens is 2. The molecule has 20 heavy (non-hydrogen) atoms.